The van der Waals surface area contributed by atoms with Gasteiger partial charge in [0, 0.05) is 13.6 Å². The van der Waals surface area contributed by atoms with Crippen LogP contribution in [0.5, 0.6) is 0 Å². The van der Waals surface area contributed by atoms with E-state index in [9.17, 15) is 4.79 Å². The molecule has 0 bridgehead atoms. The fourth-order valence-corrected chi connectivity index (χ4v) is 4.10. The van der Waals surface area contributed by atoms with Crippen LogP contribution in [0.15, 0.2) is 11.3 Å². The molecule has 0 aromatic rings. The number of hydrogen-bond donors (Lipinski definition) is 0. The van der Waals surface area contributed by atoms with Crippen molar-refractivity contribution in [3.63, 3.8) is 0 Å². The molecule has 0 radical (unpaired) electrons. The fraction of sp³-hybridized carbons (Fsp3) is 0.824. The van der Waals surface area contributed by atoms with Crippen LogP contribution in [-0.4, -0.2) is 42.7 Å². The minimum Gasteiger partial charge on any atom is -0.398 e. The second-order valence-electron chi connectivity index (χ2n) is 8.18. The van der Waals surface area contributed by atoms with Crippen LogP contribution in [0.25, 0.3) is 0 Å². The van der Waals surface area contributed by atoms with Gasteiger partial charge in [0.25, 0.3) is 0 Å². The first-order valence-electron chi connectivity index (χ1n) is 8.61. The minimum atomic E-state index is -0.995. The van der Waals surface area contributed by atoms with E-state index in [-0.39, 0.29) is 11.6 Å². The Bertz CT molecular complexity index is 544. The lowest BCUT2D eigenvalue weighted by Gasteiger charge is -2.39. The summed E-state index contributed by atoms with van der Waals surface area (Å²) in [6, 6.07) is 0. The molecule has 1 spiro atoms. The predicted octanol–water partition coefficient (Wildman–Crippen LogP) is 3.26. The molecule has 4 nitrogen and oxygen atoms in total. The lowest BCUT2D eigenvalue weighted by atomic mass is 9.70. The summed E-state index contributed by atoms with van der Waals surface area (Å²) in [5.74, 6) is 0.0583. The second-order valence-corrected chi connectivity index (χ2v) is 8.18. The van der Waals surface area contributed by atoms with Gasteiger partial charge in [-0.3, -0.25) is 4.79 Å². The zero-order valence-electron chi connectivity index (χ0n) is 14.9. The zero-order valence-corrected chi connectivity index (χ0v) is 14.9. The Labute approximate surface area is 138 Å². The van der Waals surface area contributed by atoms with E-state index in [1.54, 1.807) is 4.90 Å². The van der Waals surface area contributed by atoms with E-state index in [2.05, 4.69) is 0 Å². The maximum absolute atomic E-state index is 15.3. The summed E-state index contributed by atoms with van der Waals surface area (Å²) < 4.78 is 27.0. The summed E-state index contributed by atoms with van der Waals surface area (Å²) >= 11 is 0. The molecule has 3 rings (SSSR count). The average Bonchev–Trinajstić information content (AvgIpc) is 2.95. The number of likely N-dealkylation sites (tertiary alicyclic amines) is 1. The Kier molecular flexibility index (Phi) is 3.92. The van der Waals surface area contributed by atoms with Crippen LogP contribution in [0.1, 0.15) is 59.8 Å². The van der Waals surface area contributed by atoms with Gasteiger partial charge >= 0.3 is 7.12 Å². The molecule has 1 saturated carbocycles. The highest BCUT2D eigenvalue weighted by Gasteiger charge is 2.56. The Hall–Kier alpha value is -0.875. The Morgan fingerprint density at radius 2 is 1.70 bits per heavy atom. The van der Waals surface area contributed by atoms with E-state index in [4.69, 9.17) is 9.31 Å². The van der Waals surface area contributed by atoms with Gasteiger partial charge < -0.3 is 14.2 Å². The van der Waals surface area contributed by atoms with Crippen LogP contribution in [0.4, 0.5) is 4.39 Å². The third kappa shape index (κ3) is 2.45. The summed E-state index contributed by atoms with van der Waals surface area (Å²) in [6.45, 7) is 8.40. The van der Waals surface area contributed by atoms with E-state index in [1.807, 2.05) is 34.7 Å². The van der Waals surface area contributed by atoms with Crippen molar-refractivity contribution in [2.45, 2.75) is 71.0 Å². The maximum Gasteiger partial charge on any atom is 0.525 e. The molecule has 1 atom stereocenters. The zero-order chi connectivity index (χ0) is 17.0. The number of rotatable bonds is 1. The number of piperidine rings is 1. The van der Waals surface area contributed by atoms with Crippen LogP contribution >= 0.6 is 0 Å². The third-order valence-electron chi connectivity index (χ3n) is 6.21. The molecule has 0 aromatic carbocycles. The fourth-order valence-electron chi connectivity index (χ4n) is 4.10. The molecule has 1 amide bonds. The molecule has 3 aliphatic rings. The topological polar surface area (TPSA) is 38.8 Å². The Morgan fingerprint density at radius 3 is 2.30 bits per heavy atom. The number of hydrogen-bond acceptors (Lipinski definition) is 3. The van der Waals surface area contributed by atoms with Gasteiger partial charge in [0.2, 0.25) is 5.91 Å². The van der Waals surface area contributed by atoms with Crippen molar-refractivity contribution >= 4 is 13.0 Å². The smallest absolute Gasteiger partial charge is 0.398 e. The van der Waals surface area contributed by atoms with Crippen molar-refractivity contribution in [1.29, 1.82) is 0 Å². The molecular weight excluding hydrogens is 296 g/mol. The molecule has 2 saturated heterocycles. The van der Waals surface area contributed by atoms with E-state index >= 15 is 4.39 Å². The third-order valence-corrected chi connectivity index (χ3v) is 6.21. The number of amides is 1. The maximum atomic E-state index is 15.3. The molecular formula is C17H27BFNO3. The van der Waals surface area contributed by atoms with Crippen LogP contribution < -0.4 is 0 Å². The number of carbonyl (C=O) groups is 1. The van der Waals surface area contributed by atoms with Gasteiger partial charge in [-0.05, 0) is 65.4 Å². The van der Waals surface area contributed by atoms with Crippen molar-refractivity contribution in [1.82, 2.24) is 4.90 Å². The van der Waals surface area contributed by atoms with Gasteiger partial charge in [-0.25, -0.2) is 4.39 Å². The van der Waals surface area contributed by atoms with Gasteiger partial charge in [0.05, 0.1) is 16.6 Å². The molecule has 2 heterocycles. The molecule has 3 fully saturated rings. The second kappa shape index (κ2) is 5.31. The molecule has 6 heteroatoms. The standard InChI is InChI=1S/C17H27BFNO3/c1-15(2)16(3,4)23-18(22-15)13(19)12-8-6-9-17(12)10-7-11-20(5)14(17)21/h6-11H2,1-5H3. The van der Waals surface area contributed by atoms with Gasteiger partial charge in [-0.15, -0.1) is 0 Å². The average molecular weight is 323 g/mol. The molecule has 23 heavy (non-hydrogen) atoms. The predicted molar refractivity (Wildman–Crippen MR) is 87.4 cm³/mol. The first kappa shape index (κ1) is 17.0. The first-order chi connectivity index (χ1) is 10.6. The monoisotopic (exact) mass is 323 g/mol. The van der Waals surface area contributed by atoms with Crippen molar-refractivity contribution < 1.29 is 18.5 Å². The largest absolute Gasteiger partial charge is 0.525 e. The summed E-state index contributed by atoms with van der Waals surface area (Å²) in [6.07, 6.45) is 3.86. The molecule has 128 valence electrons. The van der Waals surface area contributed by atoms with Gasteiger partial charge in [-0.2, -0.15) is 0 Å². The normalized spacial score (nSPS) is 35.3. The highest BCUT2D eigenvalue weighted by Crippen LogP contribution is 2.52. The van der Waals surface area contributed by atoms with Crippen LogP contribution in [-0.2, 0) is 14.1 Å². The first-order valence-corrected chi connectivity index (χ1v) is 8.61. The molecule has 0 aromatic heterocycles. The van der Waals surface area contributed by atoms with Crippen LogP contribution in [0.3, 0.4) is 0 Å². The van der Waals surface area contributed by atoms with Gasteiger partial charge in [-0.1, -0.05) is 0 Å². The molecule has 1 unspecified atom stereocenters. The molecule has 0 N–H and O–H groups in total. The van der Waals surface area contributed by atoms with Crippen molar-refractivity contribution in [2.24, 2.45) is 5.41 Å². The quantitative estimate of drug-likeness (QED) is 0.695. The molecule has 2 aliphatic heterocycles. The highest BCUT2D eigenvalue weighted by molar-refractivity contribution is 6.54. The van der Waals surface area contributed by atoms with E-state index in [0.29, 0.717) is 12.0 Å². The van der Waals surface area contributed by atoms with Crippen molar-refractivity contribution in [3.05, 3.63) is 11.3 Å². The summed E-state index contributed by atoms with van der Waals surface area (Å²) in [5.41, 5.74) is -1.57. The lowest BCUT2D eigenvalue weighted by Crippen LogP contribution is -2.47. The SMILES string of the molecule is CN1CCCC2(CCCC2=C(F)B2OC(C)(C)C(C)(C)O2)C1=O. The molecule has 1 aliphatic carbocycles. The minimum absolute atomic E-state index is 0.0583. The van der Waals surface area contributed by atoms with Crippen LogP contribution in [0, 0.1) is 5.41 Å². The number of nitrogens with zero attached hydrogens (tertiary/aromatic N) is 1. The Balaban J connectivity index is 1.96. The summed E-state index contributed by atoms with van der Waals surface area (Å²) in [5, 5.41) is 0. The summed E-state index contributed by atoms with van der Waals surface area (Å²) in [7, 11) is 0.816. The van der Waals surface area contributed by atoms with E-state index in [1.165, 1.54) is 0 Å². The lowest BCUT2D eigenvalue weighted by molar-refractivity contribution is -0.141. The van der Waals surface area contributed by atoms with Gasteiger partial charge in [0.15, 0.2) is 0 Å². The van der Waals surface area contributed by atoms with Crippen molar-refractivity contribution in [2.75, 3.05) is 13.6 Å². The van der Waals surface area contributed by atoms with Crippen molar-refractivity contribution in [3.8, 4) is 0 Å². The van der Waals surface area contributed by atoms with E-state index in [0.717, 1.165) is 32.2 Å². The van der Waals surface area contributed by atoms with Gasteiger partial charge in [0.1, 0.15) is 5.73 Å². The van der Waals surface area contributed by atoms with E-state index < -0.39 is 23.7 Å². The summed E-state index contributed by atoms with van der Waals surface area (Å²) in [4.78, 5) is 14.5. The van der Waals surface area contributed by atoms with Crippen LogP contribution in [0.2, 0.25) is 0 Å². The Morgan fingerprint density at radius 1 is 1.13 bits per heavy atom. The number of halogens is 1. The highest BCUT2D eigenvalue weighted by atomic mass is 19.1. The number of carbonyl (C=O) groups excluding carboxylic acids is 1.